The van der Waals surface area contributed by atoms with Crippen molar-refractivity contribution in [3.8, 4) is 0 Å². The maximum Gasteiger partial charge on any atom is 0.300 e. The van der Waals surface area contributed by atoms with Crippen LogP contribution in [0.2, 0.25) is 0 Å². The minimum Gasteiger partial charge on any atom is -0.254 e. The van der Waals surface area contributed by atoms with Gasteiger partial charge >= 0.3 is 10.2 Å². The fourth-order valence-corrected chi connectivity index (χ4v) is 1.73. The summed E-state index contributed by atoms with van der Waals surface area (Å²) in [7, 11) is -3.40. The van der Waals surface area contributed by atoms with Gasteiger partial charge in [0.15, 0.2) is 5.82 Å². The van der Waals surface area contributed by atoms with E-state index in [1.54, 1.807) is 0 Å². The summed E-state index contributed by atoms with van der Waals surface area (Å²) < 4.78 is 26.3. The van der Waals surface area contributed by atoms with Gasteiger partial charge in [-0.3, -0.25) is 9.71 Å². The Morgan fingerprint density at radius 2 is 2.08 bits per heavy atom. The van der Waals surface area contributed by atoms with Crippen molar-refractivity contribution in [1.29, 1.82) is 0 Å². The molecule has 2 heterocycles. The summed E-state index contributed by atoms with van der Waals surface area (Å²) in [5, 5.41) is 0. The fraction of sp³-hybridized carbons (Fsp3) is 0.200. The van der Waals surface area contributed by atoms with Crippen molar-refractivity contribution >= 4 is 16.0 Å². The van der Waals surface area contributed by atoms with Crippen LogP contribution in [0.1, 0.15) is 5.69 Å². The van der Waals surface area contributed by atoms with Crippen LogP contribution in [0.5, 0.6) is 0 Å². The first-order chi connectivity index (χ1) is 5.67. The minimum absolute atomic E-state index is 0.193. The molecular formula is C5H6N4O2S. The molecule has 12 heavy (non-hydrogen) atoms. The first-order valence-electron chi connectivity index (χ1n) is 3.25. The second-order valence-electron chi connectivity index (χ2n) is 2.28. The van der Waals surface area contributed by atoms with E-state index in [2.05, 4.69) is 19.4 Å². The molecule has 0 atom stereocenters. The number of hydrogen-bond donors (Lipinski definition) is 2. The van der Waals surface area contributed by atoms with Gasteiger partial charge in [-0.05, 0) is 0 Å². The molecule has 0 aliphatic carbocycles. The molecule has 0 fully saturated rings. The number of aromatic nitrogens is 2. The maximum atomic E-state index is 10.9. The monoisotopic (exact) mass is 186 g/mol. The normalized spacial score (nSPS) is 19.3. The Labute approximate surface area is 69.2 Å². The SMILES string of the molecule is O=S1(=O)NCc2nccnc2N1. The lowest BCUT2D eigenvalue weighted by atomic mass is 10.4. The molecule has 6 nitrogen and oxygen atoms in total. The largest absolute Gasteiger partial charge is 0.300 e. The van der Waals surface area contributed by atoms with Crippen molar-refractivity contribution in [1.82, 2.24) is 14.7 Å². The highest BCUT2D eigenvalue weighted by Gasteiger charge is 2.20. The van der Waals surface area contributed by atoms with E-state index in [0.717, 1.165) is 0 Å². The van der Waals surface area contributed by atoms with Crippen LogP contribution in [0.25, 0.3) is 0 Å². The second-order valence-corrected chi connectivity index (χ2v) is 3.78. The Morgan fingerprint density at radius 1 is 1.33 bits per heavy atom. The molecule has 0 radical (unpaired) electrons. The van der Waals surface area contributed by atoms with E-state index < -0.39 is 10.2 Å². The van der Waals surface area contributed by atoms with Gasteiger partial charge in [-0.25, -0.2) is 4.98 Å². The average molecular weight is 186 g/mol. The molecule has 2 rings (SSSR count). The van der Waals surface area contributed by atoms with Gasteiger partial charge in [0.1, 0.15) is 0 Å². The lowest BCUT2D eigenvalue weighted by molar-refractivity contribution is 0.582. The van der Waals surface area contributed by atoms with Gasteiger partial charge in [0.05, 0.1) is 12.2 Å². The van der Waals surface area contributed by atoms with Crippen LogP contribution in [-0.4, -0.2) is 18.4 Å². The van der Waals surface area contributed by atoms with Gasteiger partial charge in [-0.1, -0.05) is 0 Å². The summed E-state index contributed by atoms with van der Waals surface area (Å²) in [6, 6.07) is 0. The second kappa shape index (κ2) is 2.39. The number of nitrogens with zero attached hydrogens (tertiary/aromatic N) is 2. The molecule has 1 aromatic heterocycles. The van der Waals surface area contributed by atoms with E-state index in [4.69, 9.17) is 0 Å². The first kappa shape index (κ1) is 7.44. The molecule has 1 aliphatic heterocycles. The van der Waals surface area contributed by atoms with E-state index in [9.17, 15) is 8.42 Å². The van der Waals surface area contributed by atoms with Gasteiger partial charge < -0.3 is 0 Å². The minimum atomic E-state index is -3.40. The molecule has 0 unspecified atom stereocenters. The number of hydrogen-bond acceptors (Lipinski definition) is 4. The molecule has 2 N–H and O–H groups in total. The van der Waals surface area contributed by atoms with Crippen LogP contribution in [0.15, 0.2) is 12.4 Å². The molecule has 0 bridgehead atoms. The van der Waals surface area contributed by atoms with Crippen LogP contribution in [0.4, 0.5) is 5.82 Å². The third-order valence-corrected chi connectivity index (χ3v) is 2.42. The third-order valence-electron chi connectivity index (χ3n) is 1.43. The topological polar surface area (TPSA) is 84.0 Å². The zero-order valence-corrected chi connectivity index (χ0v) is 6.80. The lowest BCUT2D eigenvalue weighted by Gasteiger charge is -2.15. The quantitative estimate of drug-likeness (QED) is 0.557. The Balaban J connectivity index is 2.48. The van der Waals surface area contributed by atoms with Gasteiger partial charge in [-0.2, -0.15) is 13.1 Å². The summed E-state index contributed by atoms with van der Waals surface area (Å²) >= 11 is 0. The standard InChI is InChI=1S/C5H6N4O2S/c10-12(11)8-3-4-5(9-12)7-2-1-6-4/h1-2,8H,3H2,(H,7,9). The van der Waals surface area contributed by atoms with Crippen LogP contribution in [0, 0.1) is 0 Å². The number of anilines is 1. The van der Waals surface area contributed by atoms with Crippen molar-refractivity contribution in [2.24, 2.45) is 0 Å². The van der Waals surface area contributed by atoms with Crippen LogP contribution in [-0.2, 0) is 16.8 Å². The van der Waals surface area contributed by atoms with Crippen LogP contribution in [0.3, 0.4) is 0 Å². The van der Waals surface area contributed by atoms with Crippen LogP contribution >= 0.6 is 0 Å². The van der Waals surface area contributed by atoms with Crippen molar-refractivity contribution < 1.29 is 8.42 Å². The van der Waals surface area contributed by atoms with E-state index in [1.807, 2.05) is 0 Å². The zero-order valence-electron chi connectivity index (χ0n) is 5.98. The molecule has 64 valence electrons. The summed E-state index contributed by atoms with van der Waals surface area (Å²) in [4.78, 5) is 7.75. The fourth-order valence-electron chi connectivity index (χ4n) is 0.908. The van der Waals surface area contributed by atoms with E-state index in [0.29, 0.717) is 11.5 Å². The lowest BCUT2D eigenvalue weighted by Crippen LogP contribution is -2.35. The van der Waals surface area contributed by atoms with Crippen molar-refractivity contribution in [3.05, 3.63) is 18.1 Å². The molecule has 0 saturated heterocycles. The average Bonchev–Trinajstić information content (AvgIpc) is 2.02. The number of rotatable bonds is 0. The zero-order chi connectivity index (χ0) is 8.60. The maximum absolute atomic E-state index is 10.9. The highest BCUT2D eigenvalue weighted by molar-refractivity contribution is 7.90. The molecule has 1 aliphatic rings. The first-order valence-corrected chi connectivity index (χ1v) is 4.73. The number of fused-ring (bicyclic) bond motifs is 1. The van der Waals surface area contributed by atoms with E-state index in [1.165, 1.54) is 12.4 Å². The van der Waals surface area contributed by atoms with Gasteiger partial charge in [0.25, 0.3) is 0 Å². The Hall–Kier alpha value is -1.21. The molecule has 0 amide bonds. The Morgan fingerprint density at radius 3 is 2.92 bits per heavy atom. The van der Waals surface area contributed by atoms with Crippen LogP contribution < -0.4 is 9.44 Å². The van der Waals surface area contributed by atoms with Crippen molar-refractivity contribution in [2.45, 2.75) is 6.54 Å². The predicted molar refractivity (Wildman–Crippen MR) is 41.4 cm³/mol. The van der Waals surface area contributed by atoms with Gasteiger partial charge in [0, 0.05) is 12.4 Å². The van der Waals surface area contributed by atoms with Crippen molar-refractivity contribution in [3.63, 3.8) is 0 Å². The molecule has 7 heteroatoms. The predicted octanol–water partition coefficient (Wildman–Crippen LogP) is -0.764. The van der Waals surface area contributed by atoms with Gasteiger partial charge in [-0.15, -0.1) is 0 Å². The smallest absolute Gasteiger partial charge is 0.254 e. The Kier molecular flexibility index (Phi) is 1.48. The highest BCUT2D eigenvalue weighted by Crippen LogP contribution is 2.13. The summed E-state index contributed by atoms with van der Waals surface area (Å²) in [5.41, 5.74) is 0.604. The molecule has 0 aromatic carbocycles. The van der Waals surface area contributed by atoms with E-state index >= 15 is 0 Å². The Bertz CT molecular complexity index is 402. The summed E-state index contributed by atoms with van der Waals surface area (Å²) in [5.74, 6) is 0.302. The van der Waals surface area contributed by atoms with E-state index in [-0.39, 0.29) is 6.54 Å². The molecule has 1 aromatic rings. The third kappa shape index (κ3) is 1.23. The highest BCUT2D eigenvalue weighted by atomic mass is 32.2. The molecule has 0 saturated carbocycles. The summed E-state index contributed by atoms with van der Waals surface area (Å²) in [6.07, 6.45) is 2.95. The van der Waals surface area contributed by atoms with Crippen molar-refractivity contribution in [2.75, 3.05) is 4.72 Å². The number of nitrogens with one attached hydrogen (secondary N) is 2. The molecule has 0 spiro atoms. The summed E-state index contributed by atoms with van der Waals surface area (Å²) in [6.45, 7) is 0.193. The van der Waals surface area contributed by atoms with Gasteiger partial charge in [0.2, 0.25) is 0 Å². The molecular weight excluding hydrogens is 180 g/mol.